The maximum absolute atomic E-state index is 12.8. The van der Waals surface area contributed by atoms with Crippen molar-refractivity contribution in [2.75, 3.05) is 5.32 Å². The van der Waals surface area contributed by atoms with Gasteiger partial charge < -0.3 is 10.1 Å². The molecule has 0 saturated carbocycles. The molecule has 5 heteroatoms. The Morgan fingerprint density at radius 1 is 1.14 bits per heavy atom. The van der Waals surface area contributed by atoms with E-state index in [0.29, 0.717) is 18.0 Å². The van der Waals surface area contributed by atoms with Gasteiger partial charge in [0, 0.05) is 5.69 Å². The number of carbonyl (C=O) groups excluding carboxylic acids is 1. The van der Waals surface area contributed by atoms with Crippen molar-refractivity contribution in [3.05, 3.63) is 59.9 Å². The van der Waals surface area contributed by atoms with E-state index in [1.54, 1.807) is 42.5 Å². The predicted octanol–water partition coefficient (Wildman–Crippen LogP) is 3.26. The molecule has 0 spiro atoms. The third kappa shape index (κ3) is 4.62. The van der Waals surface area contributed by atoms with Crippen molar-refractivity contribution in [3.8, 4) is 11.8 Å². The Hall–Kier alpha value is -2.87. The molecule has 0 unspecified atom stereocenters. The number of carbonyl (C=O) groups is 1. The summed E-state index contributed by atoms with van der Waals surface area (Å²) in [6.07, 6.45) is -0.178. The van der Waals surface area contributed by atoms with Crippen molar-refractivity contribution in [3.63, 3.8) is 0 Å². The number of amides is 1. The van der Waals surface area contributed by atoms with Crippen molar-refractivity contribution in [1.82, 2.24) is 0 Å². The minimum absolute atomic E-state index is 0.178. The van der Waals surface area contributed by atoms with Gasteiger partial charge in [-0.15, -0.1) is 0 Å². The highest BCUT2D eigenvalue weighted by atomic mass is 19.1. The van der Waals surface area contributed by atoms with Gasteiger partial charge in [0.15, 0.2) is 0 Å². The lowest BCUT2D eigenvalue weighted by Crippen LogP contribution is -2.09. The number of anilines is 1. The zero-order valence-electron chi connectivity index (χ0n) is 11.2. The van der Waals surface area contributed by atoms with Crippen molar-refractivity contribution in [2.45, 2.75) is 13.0 Å². The normalized spacial score (nSPS) is 9.71. The Morgan fingerprint density at radius 3 is 2.43 bits per heavy atom. The summed E-state index contributed by atoms with van der Waals surface area (Å²) in [6.45, 7) is 0.334. The van der Waals surface area contributed by atoms with E-state index in [1.165, 1.54) is 12.1 Å². The Kier molecular flexibility index (Phi) is 4.89. The van der Waals surface area contributed by atoms with E-state index < -0.39 is 0 Å². The van der Waals surface area contributed by atoms with Gasteiger partial charge in [-0.25, -0.2) is 4.39 Å². The third-order valence-electron chi connectivity index (χ3n) is 2.70. The molecule has 0 aromatic heterocycles. The molecule has 0 aliphatic heterocycles. The van der Waals surface area contributed by atoms with Crippen molar-refractivity contribution in [1.29, 1.82) is 5.26 Å². The van der Waals surface area contributed by atoms with Gasteiger partial charge >= 0.3 is 0 Å². The summed E-state index contributed by atoms with van der Waals surface area (Å²) in [7, 11) is 0. The Labute approximate surface area is 121 Å². The Balaban J connectivity index is 1.89. The van der Waals surface area contributed by atoms with Gasteiger partial charge in [-0.3, -0.25) is 4.79 Å². The van der Waals surface area contributed by atoms with Crippen LogP contribution in [0.4, 0.5) is 10.1 Å². The second-order valence-corrected chi connectivity index (χ2v) is 4.32. The van der Waals surface area contributed by atoms with Gasteiger partial charge in [0.2, 0.25) is 5.91 Å². The van der Waals surface area contributed by atoms with E-state index in [0.717, 1.165) is 5.56 Å². The molecule has 0 fully saturated rings. The minimum atomic E-state index is -0.350. The maximum atomic E-state index is 12.8. The fourth-order valence-electron chi connectivity index (χ4n) is 1.66. The summed E-state index contributed by atoms with van der Waals surface area (Å²) in [5.74, 6) is 0.00583. The molecule has 2 rings (SSSR count). The van der Waals surface area contributed by atoms with Crippen molar-refractivity contribution < 1.29 is 13.9 Å². The number of hydrogen-bond donors (Lipinski definition) is 1. The molecule has 21 heavy (non-hydrogen) atoms. The average molecular weight is 284 g/mol. The minimum Gasteiger partial charge on any atom is -0.489 e. The first-order chi connectivity index (χ1) is 10.2. The lowest BCUT2D eigenvalue weighted by molar-refractivity contribution is -0.115. The fourth-order valence-corrected chi connectivity index (χ4v) is 1.66. The van der Waals surface area contributed by atoms with E-state index >= 15 is 0 Å². The number of halogens is 1. The van der Waals surface area contributed by atoms with Gasteiger partial charge in [0.25, 0.3) is 0 Å². The zero-order chi connectivity index (χ0) is 15.1. The summed E-state index contributed by atoms with van der Waals surface area (Å²) in [5.41, 5.74) is 1.46. The summed E-state index contributed by atoms with van der Waals surface area (Å²) in [6, 6.07) is 14.7. The molecule has 2 aromatic carbocycles. The third-order valence-corrected chi connectivity index (χ3v) is 2.70. The largest absolute Gasteiger partial charge is 0.489 e. The molecule has 0 atom stereocenters. The molecule has 4 nitrogen and oxygen atoms in total. The molecule has 0 heterocycles. The number of benzene rings is 2. The molecule has 0 radical (unpaired) electrons. The maximum Gasteiger partial charge on any atom is 0.238 e. The van der Waals surface area contributed by atoms with Crippen LogP contribution in [-0.2, 0) is 11.4 Å². The number of hydrogen-bond acceptors (Lipinski definition) is 3. The highest BCUT2D eigenvalue weighted by Crippen LogP contribution is 2.17. The van der Waals surface area contributed by atoms with Gasteiger partial charge in [-0.1, -0.05) is 12.1 Å². The molecule has 0 aliphatic rings. The first-order valence-electron chi connectivity index (χ1n) is 6.31. The SMILES string of the molecule is N#CCC(=O)Nc1ccc(OCc2ccc(F)cc2)cc1. The molecule has 0 saturated heterocycles. The predicted molar refractivity (Wildman–Crippen MR) is 76.0 cm³/mol. The van der Waals surface area contributed by atoms with E-state index in [9.17, 15) is 9.18 Å². The lowest BCUT2D eigenvalue weighted by atomic mass is 10.2. The number of nitriles is 1. The first kappa shape index (κ1) is 14.5. The van der Waals surface area contributed by atoms with Gasteiger partial charge in [0.05, 0.1) is 6.07 Å². The molecular weight excluding hydrogens is 271 g/mol. The van der Waals surface area contributed by atoms with Crippen LogP contribution in [0, 0.1) is 17.1 Å². The molecule has 106 valence electrons. The van der Waals surface area contributed by atoms with Crippen LogP contribution in [0.3, 0.4) is 0 Å². The van der Waals surface area contributed by atoms with Crippen molar-refractivity contribution >= 4 is 11.6 Å². The summed E-state index contributed by atoms with van der Waals surface area (Å²) in [5, 5.41) is 11.0. The topological polar surface area (TPSA) is 62.1 Å². The summed E-state index contributed by atoms with van der Waals surface area (Å²) >= 11 is 0. The second kappa shape index (κ2) is 7.06. The lowest BCUT2D eigenvalue weighted by Gasteiger charge is -2.08. The number of rotatable bonds is 5. The highest BCUT2D eigenvalue weighted by molar-refractivity contribution is 5.92. The second-order valence-electron chi connectivity index (χ2n) is 4.32. The van der Waals surface area contributed by atoms with Crippen LogP contribution in [-0.4, -0.2) is 5.91 Å². The van der Waals surface area contributed by atoms with Gasteiger partial charge in [-0.2, -0.15) is 5.26 Å². The van der Waals surface area contributed by atoms with E-state index in [4.69, 9.17) is 10.00 Å². The van der Waals surface area contributed by atoms with Crippen LogP contribution >= 0.6 is 0 Å². The fraction of sp³-hybridized carbons (Fsp3) is 0.125. The van der Waals surface area contributed by atoms with Crippen LogP contribution in [0.2, 0.25) is 0 Å². The van der Waals surface area contributed by atoms with Crippen molar-refractivity contribution in [2.24, 2.45) is 0 Å². The van der Waals surface area contributed by atoms with Gasteiger partial charge in [0.1, 0.15) is 24.6 Å². The molecule has 2 aromatic rings. The van der Waals surface area contributed by atoms with Crippen LogP contribution in [0.1, 0.15) is 12.0 Å². The van der Waals surface area contributed by atoms with Gasteiger partial charge in [-0.05, 0) is 42.0 Å². The highest BCUT2D eigenvalue weighted by Gasteiger charge is 2.02. The Bertz CT molecular complexity index is 645. The first-order valence-corrected chi connectivity index (χ1v) is 6.31. The summed E-state index contributed by atoms with van der Waals surface area (Å²) in [4.78, 5) is 11.2. The standard InChI is InChI=1S/C16H13FN2O2/c17-13-3-1-12(2-4-13)11-21-15-7-5-14(6-8-15)19-16(20)9-10-18/h1-8H,9,11H2,(H,19,20). The molecule has 0 bridgehead atoms. The zero-order valence-corrected chi connectivity index (χ0v) is 11.2. The number of nitrogens with one attached hydrogen (secondary N) is 1. The van der Waals surface area contributed by atoms with Crippen LogP contribution in [0.5, 0.6) is 5.75 Å². The molecule has 1 N–H and O–H groups in total. The average Bonchev–Trinajstić information content (AvgIpc) is 2.48. The monoisotopic (exact) mass is 284 g/mol. The van der Waals surface area contributed by atoms with E-state index in [2.05, 4.69) is 5.32 Å². The molecule has 0 aliphatic carbocycles. The molecule has 1 amide bonds. The molecular formula is C16H13FN2O2. The smallest absolute Gasteiger partial charge is 0.238 e. The number of ether oxygens (including phenoxy) is 1. The Morgan fingerprint density at radius 2 is 1.81 bits per heavy atom. The van der Waals surface area contributed by atoms with Crippen LogP contribution in [0.15, 0.2) is 48.5 Å². The number of nitrogens with zero attached hydrogens (tertiary/aromatic N) is 1. The summed E-state index contributed by atoms with van der Waals surface area (Å²) < 4.78 is 18.3. The van der Waals surface area contributed by atoms with E-state index in [-0.39, 0.29) is 18.1 Å². The van der Waals surface area contributed by atoms with E-state index in [1.807, 2.05) is 0 Å². The quantitative estimate of drug-likeness (QED) is 0.916. The van der Waals surface area contributed by atoms with Crippen LogP contribution < -0.4 is 10.1 Å². The van der Waals surface area contributed by atoms with Crippen LogP contribution in [0.25, 0.3) is 0 Å².